The Balaban J connectivity index is 1.76. The molecule has 0 aliphatic carbocycles. The van der Waals surface area contributed by atoms with Crippen molar-refractivity contribution >= 4 is 11.6 Å². The third-order valence-electron chi connectivity index (χ3n) is 5.02. The Morgan fingerprint density at radius 3 is 2.89 bits per heavy atom. The second-order valence-corrected chi connectivity index (χ2v) is 6.75. The fraction of sp³-hybridized carbons (Fsp3) is 0.350. The molecule has 0 saturated carbocycles. The van der Waals surface area contributed by atoms with Crippen LogP contribution >= 0.6 is 0 Å². The zero-order chi connectivity index (χ0) is 19.0. The molecule has 0 bridgehead atoms. The maximum atomic E-state index is 12.6. The summed E-state index contributed by atoms with van der Waals surface area (Å²) < 4.78 is 11.9. The van der Waals surface area contributed by atoms with Gasteiger partial charge in [-0.25, -0.2) is 9.50 Å². The van der Waals surface area contributed by atoms with Crippen LogP contribution in [0.15, 0.2) is 35.1 Å². The molecule has 1 N–H and O–H groups in total. The lowest BCUT2D eigenvalue weighted by atomic mass is 10.0. The van der Waals surface area contributed by atoms with Gasteiger partial charge in [0.2, 0.25) is 0 Å². The summed E-state index contributed by atoms with van der Waals surface area (Å²) in [7, 11) is 1.62. The van der Waals surface area contributed by atoms with E-state index in [0.29, 0.717) is 30.8 Å². The van der Waals surface area contributed by atoms with Gasteiger partial charge in [-0.15, -0.1) is 0 Å². The van der Waals surface area contributed by atoms with Crippen LogP contribution in [-0.2, 0) is 16.0 Å². The molecule has 0 spiro atoms. The summed E-state index contributed by atoms with van der Waals surface area (Å²) in [6.45, 7) is 2.39. The number of esters is 1. The van der Waals surface area contributed by atoms with Gasteiger partial charge in [-0.1, -0.05) is 18.2 Å². The molecule has 0 radical (unpaired) electrons. The number of nitrogens with one attached hydrogen (secondary N) is 1. The number of para-hydroxylation sites is 1. The minimum Gasteiger partial charge on any atom is -0.496 e. The van der Waals surface area contributed by atoms with Gasteiger partial charge >= 0.3 is 5.97 Å². The number of aryl methyl sites for hydroxylation is 2. The van der Waals surface area contributed by atoms with Crippen LogP contribution in [0.3, 0.4) is 0 Å². The Kier molecular flexibility index (Phi) is 4.43. The highest BCUT2D eigenvalue weighted by Gasteiger charge is 2.26. The number of aromatic amines is 1. The third-order valence-corrected chi connectivity index (χ3v) is 5.02. The van der Waals surface area contributed by atoms with Crippen molar-refractivity contribution in [2.24, 2.45) is 5.92 Å². The molecule has 3 heterocycles. The van der Waals surface area contributed by atoms with Crippen LogP contribution < -0.4 is 10.3 Å². The second kappa shape index (κ2) is 6.90. The summed E-state index contributed by atoms with van der Waals surface area (Å²) in [6, 6.07) is 9.18. The minimum atomic E-state index is -0.173. The lowest BCUT2D eigenvalue weighted by Crippen LogP contribution is -2.17. The van der Waals surface area contributed by atoms with E-state index in [1.165, 1.54) is 10.6 Å². The maximum Gasteiger partial charge on any atom is 0.309 e. The highest BCUT2D eigenvalue weighted by molar-refractivity contribution is 5.83. The molecule has 1 unspecified atom stereocenters. The van der Waals surface area contributed by atoms with E-state index in [-0.39, 0.29) is 17.4 Å². The van der Waals surface area contributed by atoms with Gasteiger partial charge in [0, 0.05) is 23.0 Å². The molecule has 27 heavy (non-hydrogen) atoms. The van der Waals surface area contributed by atoms with Gasteiger partial charge in [-0.05, 0) is 32.3 Å². The van der Waals surface area contributed by atoms with E-state index in [1.807, 2.05) is 31.2 Å². The smallest absolute Gasteiger partial charge is 0.309 e. The van der Waals surface area contributed by atoms with E-state index in [9.17, 15) is 9.59 Å². The average molecular weight is 367 g/mol. The molecule has 1 saturated heterocycles. The largest absolute Gasteiger partial charge is 0.496 e. The van der Waals surface area contributed by atoms with Crippen molar-refractivity contribution in [3.8, 4) is 16.9 Å². The number of carbonyl (C=O) groups excluding carboxylic acids is 1. The molecular formula is C20H21N3O4. The van der Waals surface area contributed by atoms with Crippen LogP contribution in [0, 0.1) is 12.8 Å². The lowest BCUT2D eigenvalue weighted by Gasteiger charge is -2.08. The summed E-state index contributed by atoms with van der Waals surface area (Å²) in [5.41, 5.74) is 3.61. The first-order valence-corrected chi connectivity index (χ1v) is 8.99. The number of hydrogen-bond donors (Lipinski definition) is 1. The standard InChI is InChI=1S/C20H21N3O4/c1-12-18(15-5-3-4-6-16(15)26-2)19-21-14(11-17(24)23(19)22-12)8-7-13-9-10-27-20(13)25/h3-6,11,13,22H,7-10H2,1-2H3. The number of methoxy groups -OCH3 is 1. The summed E-state index contributed by atoms with van der Waals surface area (Å²) in [6.07, 6.45) is 1.92. The summed E-state index contributed by atoms with van der Waals surface area (Å²) in [4.78, 5) is 29.0. The third kappa shape index (κ3) is 3.09. The summed E-state index contributed by atoms with van der Waals surface area (Å²) in [5.74, 6) is 0.461. The van der Waals surface area contributed by atoms with E-state index >= 15 is 0 Å². The van der Waals surface area contributed by atoms with Crippen molar-refractivity contribution in [1.82, 2.24) is 14.6 Å². The van der Waals surface area contributed by atoms with Crippen LogP contribution in [0.4, 0.5) is 0 Å². The van der Waals surface area contributed by atoms with Crippen molar-refractivity contribution in [3.63, 3.8) is 0 Å². The number of carbonyl (C=O) groups is 1. The Labute approximate surface area is 155 Å². The van der Waals surface area contributed by atoms with E-state index in [1.54, 1.807) is 7.11 Å². The molecule has 7 heteroatoms. The van der Waals surface area contributed by atoms with Crippen molar-refractivity contribution in [1.29, 1.82) is 0 Å². The molecule has 1 aliphatic heterocycles. The predicted molar refractivity (Wildman–Crippen MR) is 99.9 cm³/mol. The first-order valence-electron chi connectivity index (χ1n) is 8.99. The number of nitrogens with zero attached hydrogens (tertiary/aromatic N) is 2. The molecule has 140 valence electrons. The fourth-order valence-corrected chi connectivity index (χ4v) is 3.62. The number of benzene rings is 1. The molecular weight excluding hydrogens is 346 g/mol. The summed E-state index contributed by atoms with van der Waals surface area (Å²) in [5, 5.41) is 3.09. The molecule has 2 aromatic heterocycles. The van der Waals surface area contributed by atoms with E-state index in [4.69, 9.17) is 14.5 Å². The van der Waals surface area contributed by atoms with Gasteiger partial charge < -0.3 is 9.47 Å². The number of cyclic esters (lactones) is 1. The first kappa shape index (κ1) is 17.3. The normalized spacial score (nSPS) is 16.7. The van der Waals surface area contributed by atoms with Gasteiger partial charge in [0.15, 0.2) is 5.65 Å². The van der Waals surface area contributed by atoms with Gasteiger partial charge in [0.25, 0.3) is 5.56 Å². The lowest BCUT2D eigenvalue weighted by molar-refractivity contribution is -0.141. The molecule has 1 atom stereocenters. The topological polar surface area (TPSA) is 85.7 Å². The van der Waals surface area contributed by atoms with Crippen LogP contribution in [0.2, 0.25) is 0 Å². The maximum absolute atomic E-state index is 12.6. The van der Waals surface area contributed by atoms with E-state index in [0.717, 1.165) is 29.0 Å². The Morgan fingerprint density at radius 2 is 2.15 bits per heavy atom. The molecule has 1 aromatic carbocycles. The number of hydrogen-bond acceptors (Lipinski definition) is 5. The van der Waals surface area contributed by atoms with Gasteiger partial charge in [-0.3, -0.25) is 14.7 Å². The Morgan fingerprint density at radius 1 is 1.33 bits per heavy atom. The van der Waals surface area contributed by atoms with Crippen molar-refractivity contribution in [2.45, 2.75) is 26.2 Å². The molecule has 7 nitrogen and oxygen atoms in total. The number of ether oxygens (including phenoxy) is 2. The van der Waals surface area contributed by atoms with Gasteiger partial charge in [-0.2, -0.15) is 0 Å². The first-order chi connectivity index (χ1) is 13.1. The average Bonchev–Trinajstić information content (AvgIpc) is 3.22. The summed E-state index contributed by atoms with van der Waals surface area (Å²) >= 11 is 0. The van der Waals surface area contributed by atoms with Crippen LogP contribution in [-0.4, -0.2) is 34.3 Å². The number of H-pyrrole nitrogens is 1. The molecule has 3 aromatic rings. The van der Waals surface area contributed by atoms with Crippen molar-refractivity contribution in [2.75, 3.05) is 13.7 Å². The predicted octanol–water partition coefficient (Wildman–Crippen LogP) is 2.50. The molecule has 0 amide bonds. The van der Waals surface area contributed by atoms with Gasteiger partial charge in [0.1, 0.15) is 5.75 Å². The number of rotatable bonds is 5. The minimum absolute atomic E-state index is 0.105. The zero-order valence-electron chi connectivity index (χ0n) is 15.3. The molecule has 1 fully saturated rings. The highest BCUT2D eigenvalue weighted by Crippen LogP contribution is 2.34. The van der Waals surface area contributed by atoms with Crippen molar-refractivity contribution < 1.29 is 14.3 Å². The highest BCUT2D eigenvalue weighted by atomic mass is 16.5. The van der Waals surface area contributed by atoms with Crippen LogP contribution in [0.1, 0.15) is 24.2 Å². The van der Waals surface area contributed by atoms with Crippen LogP contribution in [0.25, 0.3) is 16.8 Å². The van der Waals surface area contributed by atoms with E-state index < -0.39 is 0 Å². The van der Waals surface area contributed by atoms with E-state index in [2.05, 4.69) is 5.10 Å². The van der Waals surface area contributed by atoms with Crippen molar-refractivity contribution in [3.05, 3.63) is 52.1 Å². The molecule has 1 aliphatic rings. The quantitative estimate of drug-likeness (QED) is 0.700. The zero-order valence-corrected chi connectivity index (χ0v) is 15.3. The Hall–Kier alpha value is -3.09. The molecule has 4 rings (SSSR count). The number of fused-ring (bicyclic) bond motifs is 1. The Bertz CT molecular complexity index is 1070. The fourth-order valence-electron chi connectivity index (χ4n) is 3.62. The number of aromatic nitrogens is 3. The SMILES string of the molecule is COc1ccccc1-c1c(C)[nH]n2c(=O)cc(CCC3CCOC3=O)nc12. The monoisotopic (exact) mass is 367 g/mol. The van der Waals surface area contributed by atoms with Gasteiger partial charge in [0.05, 0.1) is 25.2 Å². The van der Waals surface area contributed by atoms with Crippen LogP contribution in [0.5, 0.6) is 5.75 Å². The second-order valence-electron chi connectivity index (χ2n) is 6.75.